The number of amides is 4. The van der Waals surface area contributed by atoms with Crippen LogP contribution in [0, 0.1) is 0 Å². The minimum Gasteiger partial charge on any atom is -0.490 e. The Bertz CT molecular complexity index is 2280. The van der Waals surface area contributed by atoms with Gasteiger partial charge in [0.25, 0.3) is 11.8 Å². The van der Waals surface area contributed by atoms with Crippen molar-refractivity contribution < 1.29 is 23.9 Å². The number of barbiturate groups is 1. The normalized spacial score (nSPS) is 18.6. The van der Waals surface area contributed by atoms with E-state index in [2.05, 4.69) is 50.4 Å². The van der Waals surface area contributed by atoms with Crippen LogP contribution in [-0.2, 0) is 16.2 Å². The summed E-state index contributed by atoms with van der Waals surface area (Å²) < 4.78 is 12.6. The van der Waals surface area contributed by atoms with Crippen LogP contribution in [0.15, 0.2) is 113 Å². The third-order valence-corrected chi connectivity index (χ3v) is 11.6. The average Bonchev–Trinajstić information content (AvgIpc) is 3.18. The summed E-state index contributed by atoms with van der Waals surface area (Å²) in [6.07, 6.45) is 3.25. The van der Waals surface area contributed by atoms with Crippen molar-refractivity contribution in [2.45, 2.75) is 38.2 Å². The van der Waals surface area contributed by atoms with Crippen molar-refractivity contribution in [2.24, 2.45) is 0 Å². The Morgan fingerprint density at radius 1 is 0.818 bits per heavy atom. The fourth-order valence-corrected chi connectivity index (χ4v) is 8.93. The van der Waals surface area contributed by atoms with Crippen molar-refractivity contribution >= 4 is 74.4 Å². The molecule has 3 heterocycles. The largest absolute Gasteiger partial charge is 0.490 e. The highest BCUT2D eigenvalue weighted by Crippen LogP contribution is 2.50. The van der Waals surface area contributed by atoms with Crippen molar-refractivity contribution in [3.05, 3.63) is 157 Å². The molecule has 3 aliphatic heterocycles. The molecule has 0 aliphatic carbocycles. The molecule has 0 radical (unpaired) electrons. The highest BCUT2D eigenvalue weighted by Gasteiger charge is 2.40. The summed E-state index contributed by atoms with van der Waals surface area (Å²) in [5, 5.41) is 3.41. The Morgan fingerprint density at radius 2 is 1.45 bits per heavy atom. The molecule has 5 aromatic rings. The number of carbonyl (C=O) groups is 3. The fraction of sp³-hybridized carbons (Fsp3) is 0.205. The summed E-state index contributed by atoms with van der Waals surface area (Å²) in [5.74, 6) is -0.569. The molecule has 0 saturated carbocycles. The summed E-state index contributed by atoms with van der Waals surface area (Å²) in [6, 6.07) is 32.4. The van der Waals surface area contributed by atoms with E-state index in [0.29, 0.717) is 43.9 Å². The van der Waals surface area contributed by atoms with E-state index in [1.807, 2.05) is 55.5 Å². The van der Waals surface area contributed by atoms with Gasteiger partial charge in [-0.25, -0.2) is 9.69 Å². The molecule has 1 N–H and O–H groups in total. The van der Waals surface area contributed by atoms with E-state index in [9.17, 15) is 14.4 Å². The maximum atomic E-state index is 14.5. The monoisotopic (exact) mass is 835 g/mol. The molecule has 8 rings (SSSR count). The van der Waals surface area contributed by atoms with Gasteiger partial charge < -0.3 is 14.4 Å². The first-order valence-corrected chi connectivity index (χ1v) is 19.7. The summed E-state index contributed by atoms with van der Waals surface area (Å²) in [4.78, 5) is 45.1. The first-order valence-electron chi connectivity index (χ1n) is 18.2. The predicted molar refractivity (Wildman–Crippen MR) is 220 cm³/mol. The number of anilines is 2. The van der Waals surface area contributed by atoms with Crippen molar-refractivity contribution in [1.29, 1.82) is 0 Å². The SMILES string of the molecule is CCOc1cc(/C=C2\C(=O)NC(=O)N(c3cc4c5c(c3)[C@H](c3ccccc3)CCN5CC[C@H]4c3ccccc3)C2=O)cc(Br)c1OCc1ccc(Cl)cc1Cl. The van der Waals surface area contributed by atoms with Crippen molar-refractivity contribution in [3.63, 3.8) is 0 Å². The first-order chi connectivity index (χ1) is 26.7. The van der Waals surface area contributed by atoms with Gasteiger partial charge in [-0.3, -0.25) is 14.9 Å². The predicted octanol–water partition coefficient (Wildman–Crippen LogP) is 10.3. The van der Waals surface area contributed by atoms with Crippen LogP contribution in [0.4, 0.5) is 16.2 Å². The van der Waals surface area contributed by atoms with Gasteiger partial charge in [-0.05, 0) is 106 Å². The van der Waals surface area contributed by atoms with Gasteiger partial charge in [0.1, 0.15) is 12.2 Å². The number of ether oxygens (including phenoxy) is 2. The molecule has 5 aromatic carbocycles. The maximum Gasteiger partial charge on any atom is 0.335 e. The van der Waals surface area contributed by atoms with E-state index in [-0.39, 0.29) is 24.0 Å². The lowest BCUT2D eigenvalue weighted by Crippen LogP contribution is -2.54. The van der Waals surface area contributed by atoms with Gasteiger partial charge in [0.2, 0.25) is 0 Å². The number of nitrogens with zero attached hydrogens (tertiary/aromatic N) is 2. The Morgan fingerprint density at radius 3 is 2.05 bits per heavy atom. The second kappa shape index (κ2) is 15.6. The van der Waals surface area contributed by atoms with Crippen molar-refractivity contribution in [2.75, 3.05) is 29.5 Å². The molecular formula is C44H36BrCl2N3O5. The van der Waals surface area contributed by atoms with Crippen LogP contribution in [0.2, 0.25) is 10.0 Å². The molecular weight excluding hydrogens is 801 g/mol. The number of hydrogen-bond acceptors (Lipinski definition) is 6. The number of nitrogens with one attached hydrogen (secondary N) is 1. The number of benzene rings is 5. The van der Waals surface area contributed by atoms with Gasteiger partial charge in [-0.15, -0.1) is 0 Å². The Hall–Kier alpha value is -5.09. The van der Waals surface area contributed by atoms with E-state index >= 15 is 0 Å². The van der Waals surface area contributed by atoms with Crippen LogP contribution >= 0.6 is 39.1 Å². The highest BCUT2D eigenvalue weighted by atomic mass is 79.9. The summed E-state index contributed by atoms with van der Waals surface area (Å²) >= 11 is 16.0. The van der Waals surface area contributed by atoms with E-state index in [1.54, 1.807) is 30.3 Å². The summed E-state index contributed by atoms with van der Waals surface area (Å²) in [7, 11) is 0. The molecule has 1 saturated heterocycles. The average molecular weight is 838 g/mol. The van der Waals surface area contributed by atoms with Gasteiger partial charge in [0.15, 0.2) is 11.5 Å². The van der Waals surface area contributed by atoms with Crippen LogP contribution in [0.5, 0.6) is 11.5 Å². The molecule has 55 heavy (non-hydrogen) atoms. The molecule has 0 spiro atoms. The number of carbonyl (C=O) groups excluding carboxylic acids is 3. The molecule has 0 unspecified atom stereocenters. The quantitative estimate of drug-likeness (QED) is 0.118. The van der Waals surface area contributed by atoms with Crippen LogP contribution in [0.1, 0.15) is 65.0 Å². The van der Waals surface area contributed by atoms with Crippen molar-refractivity contribution in [3.8, 4) is 11.5 Å². The minimum atomic E-state index is -0.795. The molecule has 3 aliphatic rings. The number of urea groups is 1. The second-order valence-electron chi connectivity index (χ2n) is 13.7. The van der Waals surface area contributed by atoms with Crippen LogP contribution in [0.3, 0.4) is 0 Å². The second-order valence-corrected chi connectivity index (χ2v) is 15.4. The summed E-state index contributed by atoms with van der Waals surface area (Å²) in [6.45, 7) is 4.13. The Kier molecular flexibility index (Phi) is 10.4. The molecule has 2 atom stereocenters. The lowest BCUT2D eigenvalue weighted by atomic mass is 9.76. The van der Waals surface area contributed by atoms with E-state index < -0.39 is 17.8 Å². The third kappa shape index (κ3) is 7.24. The highest BCUT2D eigenvalue weighted by molar-refractivity contribution is 9.10. The van der Waals surface area contributed by atoms with Gasteiger partial charge in [-0.2, -0.15) is 0 Å². The van der Waals surface area contributed by atoms with E-state index in [4.69, 9.17) is 32.7 Å². The molecule has 8 nitrogen and oxygen atoms in total. The molecule has 278 valence electrons. The number of rotatable bonds is 9. The standard InChI is InChI=1S/C44H36BrCl2N3O5/c1-2-54-39-21-26(20-37(45)41(39)55-25-29-13-14-30(46)22-38(29)47)19-36-42(51)48-44(53)50(43(36)52)31-23-34-32(27-9-5-3-6-10-27)15-17-49-18-16-33(35(24-31)40(34)49)28-11-7-4-8-12-28/h3-14,19-24,32-33H,2,15-18,25H2,1H3,(H,48,51,53)/b36-19+/t32-,33-/m0/s1. The van der Waals surface area contributed by atoms with Crippen LogP contribution < -0.4 is 24.6 Å². The molecule has 0 bridgehead atoms. The van der Waals surface area contributed by atoms with Gasteiger partial charge in [0.05, 0.1) is 16.8 Å². The zero-order valence-electron chi connectivity index (χ0n) is 29.9. The van der Waals surface area contributed by atoms with Crippen LogP contribution in [0.25, 0.3) is 6.08 Å². The fourth-order valence-electron chi connectivity index (χ4n) is 7.89. The summed E-state index contributed by atoms with van der Waals surface area (Å²) in [5.41, 5.74) is 7.09. The number of halogens is 3. The molecule has 1 fully saturated rings. The first kappa shape index (κ1) is 36.9. The zero-order chi connectivity index (χ0) is 38.2. The van der Waals surface area contributed by atoms with Gasteiger partial charge in [-0.1, -0.05) is 89.9 Å². The van der Waals surface area contributed by atoms with E-state index in [1.165, 1.54) is 17.2 Å². The molecule has 0 aromatic heterocycles. The van der Waals surface area contributed by atoms with E-state index in [0.717, 1.165) is 53.2 Å². The number of hydrogen-bond donors (Lipinski definition) is 1. The lowest BCUT2D eigenvalue weighted by molar-refractivity contribution is -0.122. The number of imide groups is 2. The zero-order valence-corrected chi connectivity index (χ0v) is 33.0. The Labute approximate surface area is 337 Å². The van der Waals surface area contributed by atoms with Crippen LogP contribution in [-0.4, -0.2) is 37.5 Å². The van der Waals surface area contributed by atoms with Crippen molar-refractivity contribution in [1.82, 2.24) is 5.32 Å². The maximum absolute atomic E-state index is 14.5. The third-order valence-electron chi connectivity index (χ3n) is 10.4. The van der Waals surface area contributed by atoms with Gasteiger partial charge in [0, 0.05) is 46.2 Å². The molecule has 11 heteroatoms. The lowest BCUT2D eigenvalue weighted by Gasteiger charge is -2.44. The topological polar surface area (TPSA) is 88.2 Å². The Balaban J connectivity index is 1.18. The smallest absolute Gasteiger partial charge is 0.335 e. The molecule has 4 amide bonds. The van der Waals surface area contributed by atoms with Gasteiger partial charge >= 0.3 is 6.03 Å². The minimum absolute atomic E-state index is 0.0612.